The molecule has 5 nitrogen and oxygen atoms in total. The molecule has 0 aromatic rings. The van der Waals surface area contributed by atoms with Crippen LogP contribution in [0.2, 0.25) is 0 Å². The van der Waals surface area contributed by atoms with E-state index in [0.29, 0.717) is 19.3 Å². The fourth-order valence-electron chi connectivity index (χ4n) is 3.62. The molecule has 5 heteroatoms. The largest absolute Gasteiger partial charge is 0.479 e. The maximum Gasteiger partial charge on any atom is 0.330 e. The van der Waals surface area contributed by atoms with E-state index in [1.807, 2.05) is 6.92 Å². The molecule has 3 fully saturated rings. The first kappa shape index (κ1) is 11.7. The van der Waals surface area contributed by atoms with Crippen LogP contribution in [-0.4, -0.2) is 33.3 Å². The standard InChI is InChI=1S/C13H17NO4/c1-7-3-2-4-13(6-7,12(17)18)14-10(15)8-5-9(8)11(14)16/h7-9H,2-6H2,1H3,(H,17,18). The monoisotopic (exact) mass is 251 g/mol. The number of hydrogen-bond donors (Lipinski definition) is 1. The minimum atomic E-state index is -1.26. The molecule has 0 radical (unpaired) electrons. The molecule has 1 N–H and O–H groups in total. The summed E-state index contributed by atoms with van der Waals surface area (Å²) in [7, 11) is 0. The minimum Gasteiger partial charge on any atom is -0.479 e. The van der Waals surface area contributed by atoms with Gasteiger partial charge in [-0.15, -0.1) is 0 Å². The number of fused-ring (bicyclic) bond motifs is 1. The molecule has 0 spiro atoms. The van der Waals surface area contributed by atoms with E-state index < -0.39 is 11.5 Å². The third-order valence-corrected chi connectivity index (χ3v) is 4.67. The summed E-state index contributed by atoms with van der Waals surface area (Å²) in [6.07, 6.45) is 3.17. The van der Waals surface area contributed by atoms with Crippen molar-refractivity contribution < 1.29 is 19.5 Å². The number of carboxylic acids is 1. The number of piperidine rings is 1. The van der Waals surface area contributed by atoms with Crippen molar-refractivity contribution in [1.82, 2.24) is 4.90 Å². The zero-order valence-corrected chi connectivity index (χ0v) is 10.4. The molecule has 1 aliphatic heterocycles. The molecule has 1 heterocycles. The number of carbonyl (C=O) groups is 3. The lowest BCUT2D eigenvalue weighted by Crippen LogP contribution is -2.60. The van der Waals surface area contributed by atoms with Crippen molar-refractivity contribution in [3.63, 3.8) is 0 Å². The predicted octanol–water partition coefficient (Wildman–Crippen LogP) is 1.02. The quantitative estimate of drug-likeness (QED) is 0.744. The van der Waals surface area contributed by atoms with E-state index in [2.05, 4.69) is 0 Å². The molecule has 2 amide bonds. The van der Waals surface area contributed by atoms with Crippen molar-refractivity contribution in [1.29, 1.82) is 0 Å². The van der Waals surface area contributed by atoms with Crippen LogP contribution >= 0.6 is 0 Å². The Morgan fingerprint density at radius 3 is 2.44 bits per heavy atom. The summed E-state index contributed by atoms with van der Waals surface area (Å²) in [5.74, 6) is -1.70. The van der Waals surface area contributed by atoms with E-state index in [9.17, 15) is 19.5 Å². The Kier molecular flexibility index (Phi) is 2.31. The van der Waals surface area contributed by atoms with Crippen molar-refractivity contribution in [3.05, 3.63) is 0 Å². The van der Waals surface area contributed by atoms with Gasteiger partial charge in [-0.1, -0.05) is 19.8 Å². The molecule has 1 saturated heterocycles. The SMILES string of the molecule is CC1CCCC(C(=O)O)(N2C(=O)C3CC3C2=O)C1. The van der Waals surface area contributed by atoms with Crippen molar-refractivity contribution in [2.45, 2.75) is 44.6 Å². The summed E-state index contributed by atoms with van der Waals surface area (Å²) in [6, 6.07) is 0. The number of carboxylic acid groups (broad SMARTS) is 1. The van der Waals surface area contributed by atoms with Crippen molar-refractivity contribution in [2.75, 3.05) is 0 Å². The fourth-order valence-corrected chi connectivity index (χ4v) is 3.62. The summed E-state index contributed by atoms with van der Waals surface area (Å²) in [4.78, 5) is 37.0. The van der Waals surface area contributed by atoms with Gasteiger partial charge in [0, 0.05) is 0 Å². The number of likely N-dealkylation sites (tertiary alicyclic amines) is 1. The topological polar surface area (TPSA) is 74.7 Å². The number of amides is 2. The Morgan fingerprint density at radius 1 is 1.33 bits per heavy atom. The van der Waals surface area contributed by atoms with E-state index >= 15 is 0 Å². The van der Waals surface area contributed by atoms with Crippen LogP contribution in [0.3, 0.4) is 0 Å². The Morgan fingerprint density at radius 2 is 1.94 bits per heavy atom. The molecule has 3 aliphatic rings. The second kappa shape index (κ2) is 3.56. The molecule has 2 saturated carbocycles. The van der Waals surface area contributed by atoms with Gasteiger partial charge in [-0.2, -0.15) is 0 Å². The number of carbonyl (C=O) groups excluding carboxylic acids is 2. The Balaban J connectivity index is 1.97. The first-order valence-electron chi connectivity index (χ1n) is 6.58. The highest BCUT2D eigenvalue weighted by atomic mass is 16.4. The number of aliphatic carboxylic acids is 1. The number of nitrogens with zero attached hydrogens (tertiary/aromatic N) is 1. The van der Waals surface area contributed by atoms with Crippen LogP contribution in [0.5, 0.6) is 0 Å². The van der Waals surface area contributed by atoms with E-state index in [-0.39, 0.29) is 29.6 Å². The summed E-state index contributed by atoms with van der Waals surface area (Å²) >= 11 is 0. The molecule has 2 aliphatic carbocycles. The first-order chi connectivity index (χ1) is 8.47. The third kappa shape index (κ3) is 1.36. The normalized spacial score (nSPS) is 42.9. The molecule has 98 valence electrons. The summed E-state index contributed by atoms with van der Waals surface area (Å²) in [5, 5.41) is 9.56. The van der Waals surface area contributed by atoms with Crippen LogP contribution in [0.1, 0.15) is 39.0 Å². The van der Waals surface area contributed by atoms with Crippen molar-refractivity contribution in [2.24, 2.45) is 17.8 Å². The van der Waals surface area contributed by atoms with Crippen LogP contribution in [0.25, 0.3) is 0 Å². The van der Waals surface area contributed by atoms with Gasteiger partial charge in [-0.3, -0.25) is 14.5 Å². The molecule has 0 bridgehead atoms. The molecule has 0 aromatic heterocycles. The predicted molar refractivity (Wildman–Crippen MR) is 61.4 cm³/mol. The van der Waals surface area contributed by atoms with Gasteiger partial charge in [-0.05, 0) is 25.2 Å². The summed E-state index contributed by atoms with van der Waals surface area (Å²) in [6.45, 7) is 1.99. The summed E-state index contributed by atoms with van der Waals surface area (Å²) < 4.78 is 0. The van der Waals surface area contributed by atoms with Crippen LogP contribution in [0, 0.1) is 17.8 Å². The molecular weight excluding hydrogens is 234 g/mol. The second-order valence-corrected chi connectivity index (χ2v) is 6.00. The average molecular weight is 251 g/mol. The maximum absolute atomic E-state index is 12.1. The van der Waals surface area contributed by atoms with E-state index in [1.54, 1.807) is 0 Å². The van der Waals surface area contributed by atoms with Crippen LogP contribution in [0.15, 0.2) is 0 Å². The van der Waals surface area contributed by atoms with Gasteiger partial charge in [-0.25, -0.2) is 4.79 Å². The van der Waals surface area contributed by atoms with Gasteiger partial charge in [0.2, 0.25) is 11.8 Å². The van der Waals surface area contributed by atoms with Gasteiger partial charge in [0.25, 0.3) is 0 Å². The zero-order valence-electron chi connectivity index (χ0n) is 10.4. The molecular formula is C13H17NO4. The minimum absolute atomic E-state index is 0.217. The lowest BCUT2D eigenvalue weighted by atomic mass is 9.75. The first-order valence-corrected chi connectivity index (χ1v) is 6.58. The lowest BCUT2D eigenvalue weighted by Gasteiger charge is -2.42. The Bertz CT molecular complexity index is 426. The highest BCUT2D eigenvalue weighted by Gasteiger charge is 2.65. The highest BCUT2D eigenvalue weighted by Crippen LogP contribution is 2.51. The van der Waals surface area contributed by atoms with E-state index in [4.69, 9.17) is 0 Å². The molecule has 18 heavy (non-hydrogen) atoms. The Hall–Kier alpha value is -1.39. The van der Waals surface area contributed by atoms with E-state index in [0.717, 1.165) is 17.7 Å². The lowest BCUT2D eigenvalue weighted by molar-refractivity contribution is -0.168. The zero-order chi connectivity index (χ0) is 13.1. The molecule has 4 unspecified atom stereocenters. The van der Waals surface area contributed by atoms with E-state index in [1.165, 1.54) is 0 Å². The third-order valence-electron chi connectivity index (χ3n) is 4.67. The number of imide groups is 1. The average Bonchev–Trinajstić information content (AvgIpc) is 3.04. The Labute approximate surface area is 105 Å². The number of rotatable bonds is 2. The van der Waals surface area contributed by atoms with Crippen LogP contribution < -0.4 is 0 Å². The smallest absolute Gasteiger partial charge is 0.330 e. The van der Waals surface area contributed by atoms with Gasteiger partial charge in [0.1, 0.15) is 5.54 Å². The van der Waals surface area contributed by atoms with Gasteiger partial charge in [0.15, 0.2) is 0 Å². The second-order valence-electron chi connectivity index (χ2n) is 6.00. The van der Waals surface area contributed by atoms with Gasteiger partial charge in [0.05, 0.1) is 11.8 Å². The molecule has 3 rings (SSSR count). The van der Waals surface area contributed by atoms with Crippen molar-refractivity contribution >= 4 is 17.8 Å². The molecule has 4 atom stereocenters. The van der Waals surface area contributed by atoms with Crippen LogP contribution in [0.4, 0.5) is 0 Å². The van der Waals surface area contributed by atoms with Gasteiger partial charge >= 0.3 is 5.97 Å². The highest BCUT2D eigenvalue weighted by molar-refractivity contribution is 6.12. The molecule has 0 aromatic carbocycles. The maximum atomic E-state index is 12.1. The van der Waals surface area contributed by atoms with Gasteiger partial charge < -0.3 is 5.11 Å². The summed E-state index contributed by atoms with van der Waals surface area (Å²) in [5.41, 5.74) is -1.26. The van der Waals surface area contributed by atoms with Crippen LogP contribution in [-0.2, 0) is 14.4 Å². The fraction of sp³-hybridized carbons (Fsp3) is 0.769. The van der Waals surface area contributed by atoms with Crippen molar-refractivity contribution in [3.8, 4) is 0 Å². The number of hydrogen-bond acceptors (Lipinski definition) is 3.